The van der Waals surface area contributed by atoms with Gasteiger partial charge in [-0.3, -0.25) is 0 Å². The molecule has 0 amide bonds. The van der Waals surface area contributed by atoms with Gasteiger partial charge in [0.1, 0.15) is 11.8 Å². The van der Waals surface area contributed by atoms with E-state index in [1.54, 1.807) is 0 Å². The molecule has 1 aliphatic heterocycles. The van der Waals surface area contributed by atoms with E-state index >= 15 is 0 Å². The normalized spacial score (nSPS) is 33.1. The van der Waals surface area contributed by atoms with E-state index in [0.29, 0.717) is 0 Å². The molecule has 56 valence electrons. The molecule has 0 fully saturated rings. The van der Waals surface area contributed by atoms with Crippen molar-refractivity contribution in [3.8, 4) is 0 Å². The molecule has 0 saturated carbocycles. The van der Waals surface area contributed by atoms with Crippen LogP contribution in [0.25, 0.3) is 0 Å². The van der Waals surface area contributed by atoms with Crippen molar-refractivity contribution in [1.82, 2.24) is 4.72 Å². The topological polar surface area (TPSA) is 29.1 Å². The number of hydrogen-bond donors (Lipinski definition) is 1. The van der Waals surface area contributed by atoms with Crippen molar-refractivity contribution < 1.29 is 4.79 Å². The minimum absolute atomic E-state index is 0.422. The summed E-state index contributed by atoms with van der Waals surface area (Å²) in [5, 5.41) is 0. The van der Waals surface area contributed by atoms with Crippen LogP contribution in [-0.4, -0.2) is 11.8 Å². The second-order valence-electron chi connectivity index (χ2n) is 2.71. The fourth-order valence-corrected chi connectivity index (χ4v) is 1.75. The van der Waals surface area contributed by atoms with Crippen molar-refractivity contribution in [3.05, 3.63) is 10.5 Å². The molecule has 0 aromatic heterocycles. The molecule has 3 heteroatoms. The average Bonchev–Trinajstić information content (AvgIpc) is 2.19. The van der Waals surface area contributed by atoms with Gasteiger partial charge in [-0.1, -0.05) is 0 Å². The third kappa shape index (κ3) is 0.995. The Bertz CT molecular complexity index is 200. The largest absolute Gasteiger partial charge is 0.301 e. The molecular weight excluding hydrogens is 146 g/mol. The summed E-state index contributed by atoms with van der Waals surface area (Å²) in [7, 11) is 0. The van der Waals surface area contributed by atoms with E-state index in [1.807, 2.05) is 20.8 Å². The Labute approximate surface area is 65.2 Å². The van der Waals surface area contributed by atoms with Crippen molar-refractivity contribution in [1.29, 1.82) is 0 Å². The van der Waals surface area contributed by atoms with Gasteiger partial charge in [0, 0.05) is 0 Å². The van der Waals surface area contributed by atoms with Crippen LogP contribution in [-0.2, 0) is 4.79 Å². The van der Waals surface area contributed by atoms with Crippen molar-refractivity contribution in [3.63, 3.8) is 0 Å². The first-order valence-corrected chi connectivity index (χ1v) is 4.00. The van der Waals surface area contributed by atoms with E-state index in [9.17, 15) is 4.79 Å². The first-order valence-electron chi connectivity index (χ1n) is 3.18. The molecule has 1 atom stereocenters. The smallest absolute Gasteiger partial charge is 0.144 e. The van der Waals surface area contributed by atoms with E-state index < -0.39 is 5.54 Å². The monoisotopic (exact) mass is 157 g/mol. The summed E-state index contributed by atoms with van der Waals surface area (Å²) in [5.41, 5.74) is 0.710. The minimum atomic E-state index is -0.422. The number of nitrogens with one attached hydrogen (secondary N) is 1. The highest BCUT2D eigenvalue weighted by Gasteiger charge is 2.32. The van der Waals surface area contributed by atoms with Gasteiger partial charge in [0.2, 0.25) is 0 Å². The summed E-state index contributed by atoms with van der Waals surface area (Å²) < 4.78 is 3.06. The Hall–Kier alpha value is -0.280. The Balaban J connectivity index is 2.95. The Kier molecular flexibility index (Phi) is 1.88. The first kappa shape index (κ1) is 7.82. The van der Waals surface area contributed by atoms with Gasteiger partial charge in [-0.25, -0.2) is 4.72 Å². The van der Waals surface area contributed by atoms with Crippen LogP contribution < -0.4 is 4.72 Å². The molecule has 1 aliphatic rings. The molecule has 0 aromatic rings. The molecule has 0 spiro atoms. The Morgan fingerprint density at radius 3 is 2.40 bits per heavy atom. The van der Waals surface area contributed by atoms with Gasteiger partial charge in [-0.05, 0) is 43.2 Å². The molecule has 1 N–H and O–H groups in total. The molecule has 0 aromatic carbocycles. The van der Waals surface area contributed by atoms with Gasteiger partial charge >= 0.3 is 0 Å². The lowest BCUT2D eigenvalue weighted by Crippen LogP contribution is -2.37. The number of carbonyl (C=O) groups excluding carboxylic acids is 1. The quantitative estimate of drug-likeness (QED) is 0.462. The second-order valence-corrected chi connectivity index (χ2v) is 3.73. The van der Waals surface area contributed by atoms with E-state index in [2.05, 4.69) is 4.72 Å². The third-order valence-electron chi connectivity index (χ3n) is 1.96. The predicted octanol–water partition coefficient (Wildman–Crippen LogP) is 1.49. The maximum absolute atomic E-state index is 10.6. The minimum Gasteiger partial charge on any atom is -0.301 e. The SMILES string of the molecule is CC1=C(C)C(C)(C=O)NS1. The van der Waals surface area contributed by atoms with Gasteiger partial charge in [-0.15, -0.1) is 0 Å². The summed E-state index contributed by atoms with van der Waals surface area (Å²) in [6, 6.07) is 0. The summed E-state index contributed by atoms with van der Waals surface area (Å²) in [6.45, 7) is 5.89. The van der Waals surface area contributed by atoms with Crippen LogP contribution in [0.5, 0.6) is 0 Å². The van der Waals surface area contributed by atoms with Gasteiger partial charge in [0.15, 0.2) is 0 Å². The summed E-state index contributed by atoms with van der Waals surface area (Å²) in [6.07, 6.45) is 0.950. The molecule has 0 bridgehead atoms. The molecule has 0 saturated heterocycles. The maximum Gasteiger partial charge on any atom is 0.144 e. The highest BCUT2D eigenvalue weighted by atomic mass is 32.2. The maximum atomic E-state index is 10.6. The van der Waals surface area contributed by atoms with Crippen LogP contribution in [0, 0.1) is 0 Å². The lowest BCUT2D eigenvalue weighted by Gasteiger charge is -2.16. The fourth-order valence-electron chi connectivity index (χ4n) is 0.814. The van der Waals surface area contributed by atoms with E-state index in [4.69, 9.17) is 0 Å². The third-order valence-corrected chi connectivity index (χ3v) is 3.10. The zero-order valence-corrected chi connectivity index (χ0v) is 7.21. The van der Waals surface area contributed by atoms with Crippen molar-refractivity contribution in [2.24, 2.45) is 0 Å². The highest BCUT2D eigenvalue weighted by molar-refractivity contribution is 8.01. The number of allylic oxidation sites excluding steroid dienone is 1. The average molecular weight is 157 g/mol. The molecule has 1 rings (SSSR count). The summed E-state index contributed by atoms with van der Waals surface area (Å²) in [5.74, 6) is 0. The van der Waals surface area contributed by atoms with Crippen molar-refractivity contribution >= 4 is 18.2 Å². The van der Waals surface area contributed by atoms with Gasteiger partial charge in [0.25, 0.3) is 0 Å². The predicted molar refractivity (Wildman–Crippen MR) is 43.6 cm³/mol. The van der Waals surface area contributed by atoms with Crippen molar-refractivity contribution in [2.45, 2.75) is 26.3 Å². The van der Waals surface area contributed by atoms with Crippen LogP contribution in [0.2, 0.25) is 0 Å². The molecule has 0 aliphatic carbocycles. The number of rotatable bonds is 1. The summed E-state index contributed by atoms with van der Waals surface area (Å²) in [4.78, 5) is 11.8. The van der Waals surface area contributed by atoms with E-state index in [1.165, 1.54) is 16.9 Å². The second kappa shape index (κ2) is 2.40. The van der Waals surface area contributed by atoms with E-state index in [-0.39, 0.29) is 0 Å². The van der Waals surface area contributed by atoms with Gasteiger partial charge < -0.3 is 4.79 Å². The van der Waals surface area contributed by atoms with Crippen LogP contribution in [0.4, 0.5) is 0 Å². The van der Waals surface area contributed by atoms with Gasteiger partial charge in [0.05, 0.1) is 0 Å². The zero-order chi connectivity index (χ0) is 7.78. The number of aldehydes is 1. The van der Waals surface area contributed by atoms with Crippen LogP contribution >= 0.6 is 11.9 Å². The lowest BCUT2D eigenvalue weighted by molar-refractivity contribution is -0.111. The molecule has 2 nitrogen and oxygen atoms in total. The molecule has 1 heterocycles. The number of carbonyl (C=O) groups is 1. The van der Waals surface area contributed by atoms with Crippen LogP contribution in [0.15, 0.2) is 10.5 Å². The molecule has 1 unspecified atom stereocenters. The fraction of sp³-hybridized carbons (Fsp3) is 0.571. The van der Waals surface area contributed by atoms with Crippen LogP contribution in [0.1, 0.15) is 20.8 Å². The summed E-state index contributed by atoms with van der Waals surface area (Å²) >= 11 is 1.54. The lowest BCUT2D eigenvalue weighted by atomic mass is 9.96. The standard InChI is InChI=1S/C7H11NOS/c1-5-6(2)10-8-7(5,3)4-9/h4,8H,1-3H3. The molecular formula is C7H11NOS. The zero-order valence-electron chi connectivity index (χ0n) is 6.39. The molecule has 0 radical (unpaired) electrons. The Morgan fingerprint density at radius 1 is 1.60 bits per heavy atom. The Morgan fingerprint density at radius 2 is 2.20 bits per heavy atom. The van der Waals surface area contributed by atoms with E-state index in [0.717, 1.165) is 11.9 Å². The first-order chi connectivity index (χ1) is 4.60. The van der Waals surface area contributed by atoms with Gasteiger partial charge in [-0.2, -0.15) is 0 Å². The highest BCUT2D eigenvalue weighted by Crippen LogP contribution is 2.33. The van der Waals surface area contributed by atoms with Crippen LogP contribution in [0.3, 0.4) is 0 Å². The number of hydrogen-bond acceptors (Lipinski definition) is 3. The van der Waals surface area contributed by atoms with Crippen molar-refractivity contribution in [2.75, 3.05) is 0 Å². The molecule has 10 heavy (non-hydrogen) atoms.